The van der Waals surface area contributed by atoms with E-state index in [1.165, 1.54) is 0 Å². The Morgan fingerprint density at radius 2 is 1.84 bits per heavy atom. The van der Waals surface area contributed by atoms with Gasteiger partial charge >= 0.3 is 5.97 Å². The Kier molecular flexibility index (Phi) is 7.34. The first kappa shape index (κ1) is 16.4. The highest BCUT2D eigenvalue weighted by Gasteiger charge is 2.39. The fourth-order valence-electron chi connectivity index (χ4n) is 1.84. The molecule has 1 aliphatic carbocycles. The summed E-state index contributed by atoms with van der Waals surface area (Å²) in [4.78, 5) is 12.0. The second kappa shape index (κ2) is 8.51. The summed E-state index contributed by atoms with van der Waals surface area (Å²) >= 11 is 0. The molecule has 1 atom stereocenters. The zero-order valence-corrected chi connectivity index (χ0v) is 12.4. The number of carbonyl (C=O) groups excluding carboxylic acids is 1. The van der Waals surface area contributed by atoms with E-state index in [4.69, 9.17) is 14.2 Å². The molecule has 0 aromatic carbocycles. The lowest BCUT2D eigenvalue weighted by atomic mass is 9.98. The Balaban J connectivity index is 2.29. The smallest absolute Gasteiger partial charge is 0.326 e. The Hall–Kier alpha value is -0.650. The van der Waals surface area contributed by atoms with Gasteiger partial charge in [-0.05, 0) is 40.0 Å². The molecule has 0 saturated heterocycles. The highest BCUT2D eigenvalue weighted by Crippen LogP contribution is 2.25. The van der Waals surface area contributed by atoms with Gasteiger partial charge < -0.3 is 14.2 Å². The molecule has 0 spiro atoms. The number of hydrogen-bond donors (Lipinski definition) is 1. The number of nitrogens with one attached hydrogen (secondary N) is 1. The Labute approximate surface area is 116 Å². The first-order valence-corrected chi connectivity index (χ1v) is 7.22. The van der Waals surface area contributed by atoms with Gasteiger partial charge in [0, 0.05) is 19.3 Å². The Bertz CT molecular complexity index is 268. The fraction of sp³-hybridized carbons (Fsp3) is 0.929. The van der Waals surface area contributed by atoms with Crippen LogP contribution in [-0.4, -0.2) is 50.6 Å². The van der Waals surface area contributed by atoms with Crippen LogP contribution in [-0.2, 0) is 19.0 Å². The molecule has 0 amide bonds. The maximum absolute atomic E-state index is 12.0. The normalized spacial score (nSPS) is 18.1. The van der Waals surface area contributed by atoms with E-state index in [1.54, 1.807) is 0 Å². The summed E-state index contributed by atoms with van der Waals surface area (Å²) < 4.78 is 15.8. The topological polar surface area (TPSA) is 56.8 Å². The lowest BCUT2D eigenvalue weighted by Gasteiger charge is -2.28. The molecule has 0 aliphatic heterocycles. The van der Waals surface area contributed by atoms with Crippen molar-refractivity contribution in [3.8, 4) is 0 Å². The van der Waals surface area contributed by atoms with Crippen LogP contribution < -0.4 is 5.32 Å². The zero-order chi connectivity index (χ0) is 14.1. The number of carbonyl (C=O) groups is 1. The number of esters is 1. The van der Waals surface area contributed by atoms with E-state index in [0.29, 0.717) is 45.5 Å². The van der Waals surface area contributed by atoms with E-state index < -0.39 is 5.54 Å². The number of rotatable bonds is 11. The SMILES string of the molecule is CCOCCOCCC(C)(NC1CC1)C(=O)OCC. The molecule has 1 unspecified atom stereocenters. The van der Waals surface area contributed by atoms with Gasteiger partial charge in [-0.15, -0.1) is 0 Å². The lowest BCUT2D eigenvalue weighted by molar-refractivity contribution is -0.151. The standard InChI is InChI=1S/C14H27NO4/c1-4-17-10-11-18-9-8-14(3,13(16)19-5-2)15-12-6-7-12/h12,15H,4-11H2,1-3H3. The molecule has 1 fully saturated rings. The van der Waals surface area contributed by atoms with E-state index in [9.17, 15) is 4.79 Å². The molecule has 5 heteroatoms. The molecular weight excluding hydrogens is 246 g/mol. The van der Waals surface area contributed by atoms with Crippen molar-refractivity contribution in [2.24, 2.45) is 0 Å². The van der Waals surface area contributed by atoms with Crippen molar-refractivity contribution in [1.29, 1.82) is 0 Å². The van der Waals surface area contributed by atoms with Gasteiger partial charge in [0.15, 0.2) is 0 Å². The van der Waals surface area contributed by atoms with E-state index in [1.807, 2.05) is 20.8 Å². The Morgan fingerprint density at radius 3 is 2.42 bits per heavy atom. The predicted octanol–water partition coefficient (Wildman–Crippen LogP) is 1.50. The molecule has 0 radical (unpaired) electrons. The van der Waals surface area contributed by atoms with Gasteiger partial charge in [0.25, 0.3) is 0 Å². The van der Waals surface area contributed by atoms with Crippen LogP contribution in [0.2, 0.25) is 0 Å². The molecule has 0 bridgehead atoms. The van der Waals surface area contributed by atoms with Crippen LogP contribution in [0.1, 0.15) is 40.0 Å². The fourth-order valence-corrected chi connectivity index (χ4v) is 1.84. The summed E-state index contributed by atoms with van der Waals surface area (Å²) in [5.41, 5.74) is -0.636. The average molecular weight is 273 g/mol. The second-order valence-corrected chi connectivity index (χ2v) is 5.03. The van der Waals surface area contributed by atoms with E-state index in [2.05, 4.69) is 5.32 Å². The van der Waals surface area contributed by atoms with Crippen molar-refractivity contribution in [1.82, 2.24) is 5.32 Å². The maximum atomic E-state index is 12.0. The molecule has 1 N–H and O–H groups in total. The summed E-state index contributed by atoms with van der Waals surface area (Å²) in [6.07, 6.45) is 2.90. The third-order valence-electron chi connectivity index (χ3n) is 3.15. The first-order valence-electron chi connectivity index (χ1n) is 7.22. The van der Waals surface area contributed by atoms with Crippen LogP contribution in [0, 0.1) is 0 Å². The molecule has 0 aromatic heterocycles. The third-order valence-corrected chi connectivity index (χ3v) is 3.15. The maximum Gasteiger partial charge on any atom is 0.326 e. The largest absolute Gasteiger partial charge is 0.465 e. The van der Waals surface area contributed by atoms with Crippen LogP contribution in [0.15, 0.2) is 0 Å². The molecule has 0 heterocycles. The molecule has 112 valence electrons. The number of hydrogen-bond acceptors (Lipinski definition) is 5. The van der Waals surface area contributed by atoms with Gasteiger partial charge in [-0.2, -0.15) is 0 Å². The summed E-state index contributed by atoms with van der Waals surface area (Å²) in [6.45, 7) is 8.49. The molecule has 1 saturated carbocycles. The van der Waals surface area contributed by atoms with Crippen molar-refractivity contribution in [3.63, 3.8) is 0 Å². The molecule has 19 heavy (non-hydrogen) atoms. The molecule has 1 aliphatic rings. The Morgan fingerprint density at radius 1 is 1.16 bits per heavy atom. The van der Waals surface area contributed by atoms with Crippen LogP contribution in [0.25, 0.3) is 0 Å². The van der Waals surface area contributed by atoms with Gasteiger partial charge in [-0.25, -0.2) is 0 Å². The van der Waals surface area contributed by atoms with Crippen molar-refractivity contribution < 1.29 is 19.0 Å². The average Bonchev–Trinajstić information content (AvgIpc) is 3.17. The monoisotopic (exact) mass is 273 g/mol. The summed E-state index contributed by atoms with van der Waals surface area (Å²) in [7, 11) is 0. The van der Waals surface area contributed by atoms with Crippen LogP contribution in [0.4, 0.5) is 0 Å². The van der Waals surface area contributed by atoms with Crippen molar-refractivity contribution in [3.05, 3.63) is 0 Å². The van der Waals surface area contributed by atoms with Gasteiger partial charge in [-0.3, -0.25) is 10.1 Å². The van der Waals surface area contributed by atoms with E-state index in [-0.39, 0.29) is 5.97 Å². The van der Waals surface area contributed by atoms with Crippen LogP contribution >= 0.6 is 0 Å². The molecule has 0 aromatic rings. The third kappa shape index (κ3) is 6.36. The summed E-state index contributed by atoms with van der Waals surface area (Å²) in [5.74, 6) is -0.185. The van der Waals surface area contributed by atoms with Crippen molar-refractivity contribution >= 4 is 5.97 Å². The van der Waals surface area contributed by atoms with Crippen molar-refractivity contribution in [2.75, 3.05) is 33.0 Å². The van der Waals surface area contributed by atoms with Gasteiger partial charge in [0.1, 0.15) is 5.54 Å². The number of ether oxygens (including phenoxy) is 3. The van der Waals surface area contributed by atoms with Crippen LogP contribution in [0.5, 0.6) is 0 Å². The molecular formula is C14H27NO4. The van der Waals surface area contributed by atoms with E-state index in [0.717, 1.165) is 12.8 Å². The minimum Gasteiger partial charge on any atom is -0.465 e. The van der Waals surface area contributed by atoms with E-state index >= 15 is 0 Å². The summed E-state index contributed by atoms with van der Waals surface area (Å²) in [5, 5.41) is 3.37. The highest BCUT2D eigenvalue weighted by atomic mass is 16.5. The minimum atomic E-state index is -0.636. The molecule has 5 nitrogen and oxygen atoms in total. The lowest BCUT2D eigenvalue weighted by Crippen LogP contribution is -2.52. The van der Waals surface area contributed by atoms with Crippen LogP contribution in [0.3, 0.4) is 0 Å². The van der Waals surface area contributed by atoms with Gasteiger partial charge in [-0.1, -0.05) is 0 Å². The molecule has 1 rings (SSSR count). The first-order chi connectivity index (χ1) is 9.12. The van der Waals surface area contributed by atoms with Crippen molar-refractivity contribution in [2.45, 2.75) is 51.6 Å². The zero-order valence-electron chi connectivity index (χ0n) is 12.4. The summed E-state index contributed by atoms with van der Waals surface area (Å²) in [6, 6.07) is 0.456. The predicted molar refractivity (Wildman–Crippen MR) is 73.1 cm³/mol. The van der Waals surface area contributed by atoms with Gasteiger partial charge in [0.05, 0.1) is 19.8 Å². The minimum absolute atomic E-state index is 0.185. The highest BCUT2D eigenvalue weighted by molar-refractivity contribution is 5.80. The quantitative estimate of drug-likeness (QED) is 0.457. The van der Waals surface area contributed by atoms with Gasteiger partial charge in [0.2, 0.25) is 0 Å². The second-order valence-electron chi connectivity index (χ2n) is 5.03.